The lowest BCUT2D eigenvalue weighted by atomic mass is 9.97. The zero-order chi connectivity index (χ0) is 9.97. The highest BCUT2D eigenvalue weighted by Crippen LogP contribution is 2.27. The van der Waals surface area contributed by atoms with Crippen LogP contribution in [-0.2, 0) is 19.4 Å². The molecular weight excluding hydrogens is 194 g/mol. The van der Waals surface area contributed by atoms with Gasteiger partial charge in [0.1, 0.15) is 10.9 Å². The second-order valence-corrected chi connectivity index (χ2v) is 4.28. The van der Waals surface area contributed by atoms with Gasteiger partial charge in [-0.25, -0.2) is 9.97 Å². The molecule has 3 nitrogen and oxygen atoms in total. The van der Waals surface area contributed by atoms with Crippen LogP contribution in [-0.4, -0.2) is 16.2 Å². The number of aryl methyl sites for hydroxylation is 1. The van der Waals surface area contributed by atoms with E-state index in [9.17, 15) is 0 Å². The maximum Gasteiger partial charge on any atom is 0.143 e. The molecule has 0 atom stereocenters. The first-order valence-electron chi connectivity index (χ1n) is 4.98. The second-order valence-electron chi connectivity index (χ2n) is 3.49. The molecule has 0 unspecified atom stereocenters. The van der Waals surface area contributed by atoms with Gasteiger partial charge in [-0.1, -0.05) is 0 Å². The molecule has 2 rings (SSSR count). The fourth-order valence-corrected chi connectivity index (χ4v) is 2.53. The van der Waals surface area contributed by atoms with Gasteiger partial charge in [-0.3, -0.25) is 0 Å². The normalized spacial score (nSPS) is 15.3. The van der Waals surface area contributed by atoms with Crippen LogP contribution in [0.2, 0.25) is 0 Å². The van der Waals surface area contributed by atoms with Crippen molar-refractivity contribution in [1.29, 1.82) is 0 Å². The molecule has 1 aliphatic rings. The molecule has 0 radical (unpaired) electrons. The molecule has 1 aromatic rings. The lowest BCUT2D eigenvalue weighted by molar-refractivity contribution is 0.634. The zero-order valence-corrected chi connectivity index (χ0v) is 9.23. The van der Waals surface area contributed by atoms with Crippen LogP contribution < -0.4 is 5.73 Å². The molecule has 14 heavy (non-hydrogen) atoms. The molecule has 0 bridgehead atoms. The van der Waals surface area contributed by atoms with Crippen LogP contribution in [0.25, 0.3) is 0 Å². The van der Waals surface area contributed by atoms with E-state index in [1.807, 2.05) is 0 Å². The fourth-order valence-electron chi connectivity index (χ4n) is 1.87. The Labute approximate surface area is 88.5 Å². The van der Waals surface area contributed by atoms with Crippen molar-refractivity contribution in [2.75, 3.05) is 6.26 Å². The summed E-state index contributed by atoms with van der Waals surface area (Å²) in [7, 11) is 0. The van der Waals surface area contributed by atoms with Gasteiger partial charge >= 0.3 is 0 Å². The molecule has 1 heterocycles. The van der Waals surface area contributed by atoms with E-state index in [4.69, 9.17) is 5.73 Å². The van der Waals surface area contributed by atoms with E-state index < -0.39 is 0 Å². The van der Waals surface area contributed by atoms with Gasteiger partial charge in [-0.15, -0.1) is 11.8 Å². The number of hydrogen-bond donors (Lipinski definition) is 1. The Hall–Kier alpha value is -0.610. The van der Waals surface area contributed by atoms with E-state index in [1.165, 1.54) is 24.1 Å². The summed E-state index contributed by atoms with van der Waals surface area (Å²) in [5, 5.41) is 1.13. The monoisotopic (exact) mass is 209 g/mol. The number of fused-ring (bicyclic) bond motifs is 1. The average molecular weight is 209 g/mol. The predicted molar refractivity (Wildman–Crippen MR) is 58.3 cm³/mol. The largest absolute Gasteiger partial charge is 0.324 e. The number of hydrogen-bond acceptors (Lipinski definition) is 4. The first-order chi connectivity index (χ1) is 6.85. The zero-order valence-electron chi connectivity index (χ0n) is 8.42. The van der Waals surface area contributed by atoms with Crippen LogP contribution >= 0.6 is 11.8 Å². The van der Waals surface area contributed by atoms with Crippen LogP contribution in [0.1, 0.15) is 29.9 Å². The van der Waals surface area contributed by atoms with Gasteiger partial charge in [-0.2, -0.15) is 0 Å². The maximum atomic E-state index is 5.57. The first-order valence-corrected chi connectivity index (χ1v) is 6.20. The minimum Gasteiger partial charge on any atom is -0.324 e. The predicted octanol–water partition coefficient (Wildman–Crippen LogP) is 1.54. The fraction of sp³-hybridized carbons (Fsp3) is 0.600. The van der Waals surface area contributed by atoms with Crippen molar-refractivity contribution < 1.29 is 0 Å². The summed E-state index contributed by atoms with van der Waals surface area (Å²) >= 11 is 1.71. The third kappa shape index (κ3) is 1.77. The molecule has 0 amide bonds. The molecule has 0 aromatic carbocycles. The van der Waals surface area contributed by atoms with Gasteiger partial charge in [0.2, 0.25) is 0 Å². The molecule has 76 valence electrons. The summed E-state index contributed by atoms with van der Waals surface area (Å²) in [5.41, 5.74) is 8.17. The highest BCUT2D eigenvalue weighted by atomic mass is 32.2. The van der Waals surface area contributed by atoms with Crippen molar-refractivity contribution in [2.24, 2.45) is 5.73 Å². The SMILES string of the molecule is CSc1nc(CN)nc2c1CCCC2. The Kier molecular flexibility index (Phi) is 3.03. The van der Waals surface area contributed by atoms with Gasteiger partial charge in [0.05, 0.1) is 6.54 Å². The van der Waals surface area contributed by atoms with Gasteiger partial charge < -0.3 is 5.73 Å². The number of aromatic nitrogens is 2. The average Bonchev–Trinajstić information content (AvgIpc) is 2.27. The molecule has 0 spiro atoms. The Morgan fingerprint density at radius 1 is 1.29 bits per heavy atom. The standard InChI is InChI=1S/C10H15N3S/c1-14-10-7-4-2-3-5-8(7)12-9(6-11)13-10/h2-6,11H2,1H3. The van der Waals surface area contributed by atoms with Crippen molar-refractivity contribution in [3.8, 4) is 0 Å². The Morgan fingerprint density at radius 2 is 2.07 bits per heavy atom. The molecule has 0 aliphatic heterocycles. The summed E-state index contributed by atoms with van der Waals surface area (Å²) in [6, 6.07) is 0. The van der Waals surface area contributed by atoms with Gasteiger partial charge in [-0.05, 0) is 31.9 Å². The van der Waals surface area contributed by atoms with Crippen LogP contribution in [0.15, 0.2) is 5.03 Å². The Bertz CT molecular complexity index is 321. The molecule has 1 aliphatic carbocycles. The van der Waals surface area contributed by atoms with Crippen molar-refractivity contribution in [1.82, 2.24) is 9.97 Å². The van der Waals surface area contributed by atoms with Crippen LogP contribution in [0, 0.1) is 0 Å². The molecular formula is C10H15N3S. The van der Waals surface area contributed by atoms with Crippen molar-refractivity contribution in [3.05, 3.63) is 17.1 Å². The number of nitrogens with zero attached hydrogens (tertiary/aromatic N) is 2. The van der Waals surface area contributed by atoms with Gasteiger partial charge in [0, 0.05) is 11.3 Å². The maximum absolute atomic E-state index is 5.57. The van der Waals surface area contributed by atoms with Crippen LogP contribution in [0.3, 0.4) is 0 Å². The van der Waals surface area contributed by atoms with Crippen molar-refractivity contribution in [3.63, 3.8) is 0 Å². The lowest BCUT2D eigenvalue weighted by Crippen LogP contribution is -2.13. The minimum atomic E-state index is 0.445. The molecule has 0 saturated carbocycles. The number of thioether (sulfide) groups is 1. The smallest absolute Gasteiger partial charge is 0.143 e. The third-order valence-electron chi connectivity index (χ3n) is 2.57. The van der Waals surface area contributed by atoms with E-state index in [0.29, 0.717) is 6.54 Å². The number of nitrogens with two attached hydrogens (primary N) is 1. The van der Waals surface area contributed by atoms with E-state index in [2.05, 4.69) is 16.2 Å². The number of rotatable bonds is 2. The molecule has 0 saturated heterocycles. The highest BCUT2D eigenvalue weighted by Gasteiger charge is 2.16. The Morgan fingerprint density at radius 3 is 2.79 bits per heavy atom. The van der Waals surface area contributed by atoms with E-state index in [0.717, 1.165) is 23.7 Å². The molecule has 1 aromatic heterocycles. The summed E-state index contributed by atoms with van der Waals surface area (Å²) in [6.07, 6.45) is 6.82. The minimum absolute atomic E-state index is 0.445. The van der Waals surface area contributed by atoms with Crippen molar-refractivity contribution >= 4 is 11.8 Å². The van der Waals surface area contributed by atoms with Crippen LogP contribution in [0.5, 0.6) is 0 Å². The quantitative estimate of drug-likeness (QED) is 0.593. The van der Waals surface area contributed by atoms with Crippen LogP contribution in [0.4, 0.5) is 0 Å². The van der Waals surface area contributed by atoms with E-state index in [-0.39, 0.29) is 0 Å². The summed E-state index contributed by atoms with van der Waals surface area (Å²) < 4.78 is 0. The van der Waals surface area contributed by atoms with E-state index in [1.54, 1.807) is 11.8 Å². The van der Waals surface area contributed by atoms with Crippen molar-refractivity contribution in [2.45, 2.75) is 37.3 Å². The molecule has 2 N–H and O–H groups in total. The molecule has 4 heteroatoms. The third-order valence-corrected chi connectivity index (χ3v) is 3.29. The lowest BCUT2D eigenvalue weighted by Gasteiger charge is -2.17. The summed E-state index contributed by atoms with van der Waals surface area (Å²) in [6.45, 7) is 0.445. The topological polar surface area (TPSA) is 51.8 Å². The molecule has 0 fully saturated rings. The Balaban J connectivity index is 2.47. The van der Waals surface area contributed by atoms with Gasteiger partial charge in [0.15, 0.2) is 0 Å². The summed E-state index contributed by atoms with van der Waals surface area (Å²) in [5.74, 6) is 0.787. The van der Waals surface area contributed by atoms with E-state index >= 15 is 0 Å². The first kappa shape index (κ1) is 9.93. The summed E-state index contributed by atoms with van der Waals surface area (Å²) in [4.78, 5) is 8.94. The van der Waals surface area contributed by atoms with Gasteiger partial charge in [0.25, 0.3) is 0 Å². The second kappa shape index (κ2) is 4.28. The highest BCUT2D eigenvalue weighted by molar-refractivity contribution is 7.98.